The third-order valence-corrected chi connectivity index (χ3v) is 6.63. The largest absolute Gasteiger partial charge is 0.417 e. The van der Waals surface area contributed by atoms with E-state index in [0.717, 1.165) is 29.5 Å². The van der Waals surface area contributed by atoms with Crippen molar-refractivity contribution in [3.05, 3.63) is 53.7 Å². The predicted octanol–water partition coefficient (Wildman–Crippen LogP) is 4.52. The Bertz CT molecular complexity index is 1340. The number of nitrogens with zero attached hydrogens (tertiary/aromatic N) is 5. The van der Waals surface area contributed by atoms with Crippen LogP contribution >= 0.6 is 12.2 Å². The molecule has 1 aliphatic heterocycles. The lowest BCUT2D eigenvalue weighted by Gasteiger charge is -2.43. The third kappa shape index (κ3) is 2.74. The first-order valence-electron chi connectivity index (χ1n) is 9.89. The number of thiocarbonyl (C=S) groups is 1. The van der Waals surface area contributed by atoms with Crippen LogP contribution in [0.4, 0.5) is 24.5 Å². The molecule has 5 rings (SSSR count). The van der Waals surface area contributed by atoms with Crippen molar-refractivity contribution >= 4 is 45.5 Å². The summed E-state index contributed by atoms with van der Waals surface area (Å²) in [6.07, 6.45) is -1.10. The van der Waals surface area contributed by atoms with Crippen LogP contribution in [0, 0.1) is 11.3 Å². The van der Waals surface area contributed by atoms with E-state index in [-0.39, 0.29) is 16.7 Å². The Morgan fingerprint density at radius 1 is 1.16 bits per heavy atom. The molecule has 1 spiro atoms. The Labute approximate surface area is 186 Å². The summed E-state index contributed by atoms with van der Waals surface area (Å²) in [7, 11) is 1.82. The van der Waals surface area contributed by atoms with Crippen molar-refractivity contribution in [1.29, 1.82) is 5.26 Å². The molecule has 3 aromatic rings. The second-order valence-electron chi connectivity index (χ2n) is 7.99. The number of nitriles is 1. The summed E-state index contributed by atoms with van der Waals surface area (Å²) >= 11 is 5.64. The number of hydrogen-bond acceptors (Lipinski definition) is 4. The quantitative estimate of drug-likeness (QED) is 0.532. The molecule has 1 aromatic heterocycles. The van der Waals surface area contributed by atoms with Gasteiger partial charge in [0.25, 0.3) is 5.91 Å². The summed E-state index contributed by atoms with van der Waals surface area (Å²) in [5, 5.41) is 14.3. The number of fused-ring (bicyclic) bond motifs is 1. The Morgan fingerprint density at radius 3 is 2.50 bits per heavy atom. The van der Waals surface area contributed by atoms with Crippen LogP contribution in [0.5, 0.6) is 0 Å². The van der Waals surface area contributed by atoms with Crippen LogP contribution < -0.4 is 9.80 Å². The SMILES string of the molecule is Cn1ncc2cc(N3C(=S)N(c4ccc(C#N)c(C(F)(F)F)c4)C(=O)C34CCC4)ccc21. The van der Waals surface area contributed by atoms with Gasteiger partial charge in [0.15, 0.2) is 5.11 Å². The van der Waals surface area contributed by atoms with E-state index in [9.17, 15) is 18.0 Å². The maximum absolute atomic E-state index is 13.5. The van der Waals surface area contributed by atoms with Gasteiger partial charge < -0.3 is 4.90 Å². The minimum Gasteiger partial charge on any atom is -0.303 e. The summed E-state index contributed by atoms with van der Waals surface area (Å²) < 4.78 is 42.3. The highest BCUT2D eigenvalue weighted by Crippen LogP contribution is 2.48. The van der Waals surface area contributed by atoms with Gasteiger partial charge in [-0.15, -0.1) is 0 Å². The third-order valence-electron chi connectivity index (χ3n) is 6.27. The molecule has 0 N–H and O–H groups in total. The first-order valence-corrected chi connectivity index (χ1v) is 10.3. The smallest absolute Gasteiger partial charge is 0.303 e. The molecule has 1 saturated heterocycles. The summed E-state index contributed by atoms with van der Waals surface area (Å²) in [5.74, 6) is -0.349. The number of aromatic nitrogens is 2. The highest BCUT2D eigenvalue weighted by atomic mass is 32.1. The number of anilines is 2. The summed E-state index contributed by atoms with van der Waals surface area (Å²) in [6.45, 7) is 0. The molecule has 2 aliphatic rings. The van der Waals surface area contributed by atoms with E-state index in [1.807, 2.05) is 25.2 Å². The van der Waals surface area contributed by atoms with Crippen molar-refractivity contribution in [3.8, 4) is 6.07 Å². The maximum Gasteiger partial charge on any atom is 0.417 e. The molecule has 6 nitrogen and oxygen atoms in total. The van der Waals surface area contributed by atoms with Gasteiger partial charge in [0, 0.05) is 18.1 Å². The van der Waals surface area contributed by atoms with Crippen LogP contribution in [0.15, 0.2) is 42.6 Å². The van der Waals surface area contributed by atoms with Crippen LogP contribution in [0.2, 0.25) is 0 Å². The lowest BCUT2D eigenvalue weighted by atomic mass is 9.75. The van der Waals surface area contributed by atoms with Crippen LogP contribution in [-0.4, -0.2) is 26.3 Å². The first kappa shape index (κ1) is 20.5. The number of benzene rings is 2. The molecule has 0 atom stereocenters. The number of carbonyl (C=O) groups is 1. The Hall–Kier alpha value is -3.45. The fourth-order valence-corrected chi connectivity index (χ4v) is 4.97. The molecular weight excluding hydrogens is 439 g/mol. The molecule has 2 fully saturated rings. The minimum absolute atomic E-state index is 0.00237. The zero-order valence-corrected chi connectivity index (χ0v) is 17.7. The topological polar surface area (TPSA) is 65.2 Å². The van der Waals surface area contributed by atoms with Crippen LogP contribution in [-0.2, 0) is 18.0 Å². The highest BCUT2D eigenvalue weighted by molar-refractivity contribution is 7.81. The molecular formula is C22H16F3N5OS. The molecule has 32 heavy (non-hydrogen) atoms. The second kappa shape index (κ2) is 6.77. The van der Waals surface area contributed by atoms with Gasteiger partial charge in [-0.2, -0.15) is 23.5 Å². The molecule has 0 radical (unpaired) electrons. The molecule has 2 aromatic carbocycles. The predicted molar refractivity (Wildman–Crippen MR) is 116 cm³/mol. The van der Waals surface area contributed by atoms with Gasteiger partial charge in [-0.3, -0.25) is 14.4 Å². The maximum atomic E-state index is 13.5. The van der Waals surface area contributed by atoms with Gasteiger partial charge >= 0.3 is 6.18 Å². The van der Waals surface area contributed by atoms with Crippen LogP contribution in [0.1, 0.15) is 30.4 Å². The van der Waals surface area contributed by atoms with Crippen molar-refractivity contribution in [2.45, 2.75) is 31.0 Å². The molecule has 1 aliphatic carbocycles. The van der Waals surface area contributed by atoms with Crippen molar-refractivity contribution in [3.63, 3.8) is 0 Å². The molecule has 0 bridgehead atoms. The Kier molecular flexibility index (Phi) is 4.33. The van der Waals surface area contributed by atoms with Crippen molar-refractivity contribution in [2.75, 3.05) is 9.80 Å². The average molecular weight is 455 g/mol. The van der Waals surface area contributed by atoms with Gasteiger partial charge in [0.05, 0.1) is 34.6 Å². The fourth-order valence-electron chi connectivity index (χ4n) is 4.50. The Morgan fingerprint density at radius 2 is 1.88 bits per heavy atom. The normalized spacial score (nSPS) is 17.8. The fraction of sp³-hybridized carbons (Fsp3) is 0.273. The number of carbonyl (C=O) groups excluding carboxylic acids is 1. The van der Waals surface area contributed by atoms with E-state index >= 15 is 0 Å². The monoisotopic (exact) mass is 455 g/mol. The standard InChI is InChI=1S/C22H16F3N5OS/c1-28-18-6-5-16(9-14(18)12-27-28)30-20(32)29(19(31)21(30)7-2-8-21)15-4-3-13(11-26)17(10-15)22(23,24)25/h3-6,9-10,12H,2,7-8H2,1H3. The van der Waals surface area contributed by atoms with Gasteiger partial charge in [0.2, 0.25) is 0 Å². The minimum atomic E-state index is -4.73. The second-order valence-corrected chi connectivity index (χ2v) is 8.36. The number of alkyl halides is 3. The number of amides is 1. The number of hydrogen-bond donors (Lipinski definition) is 0. The molecule has 0 unspecified atom stereocenters. The molecule has 2 heterocycles. The van der Waals surface area contributed by atoms with E-state index in [1.165, 1.54) is 11.0 Å². The Balaban J connectivity index is 1.62. The van der Waals surface area contributed by atoms with E-state index < -0.39 is 22.8 Å². The van der Waals surface area contributed by atoms with Gasteiger partial charge in [-0.25, -0.2) is 0 Å². The van der Waals surface area contributed by atoms with Crippen LogP contribution in [0.3, 0.4) is 0 Å². The van der Waals surface area contributed by atoms with Crippen molar-refractivity contribution < 1.29 is 18.0 Å². The lowest BCUT2D eigenvalue weighted by Crippen LogP contribution is -2.55. The highest BCUT2D eigenvalue weighted by Gasteiger charge is 2.59. The van der Waals surface area contributed by atoms with Gasteiger partial charge in [-0.1, -0.05) is 0 Å². The summed E-state index contributed by atoms with van der Waals surface area (Å²) in [4.78, 5) is 16.4. The zero-order chi connectivity index (χ0) is 22.8. The summed E-state index contributed by atoms with van der Waals surface area (Å²) in [5.41, 5.74) is -0.911. The van der Waals surface area contributed by atoms with Gasteiger partial charge in [0.1, 0.15) is 5.54 Å². The van der Waals surface area contributed by atoms with Crippen molar-refractivity contribution in [1.82, 2.24) is 9.78 Å². The van der Waals surface area contributed by atoms with E-state index in [0.29, 0.717) is 18.5 Å². The van der Waals surface area contributed by atoms with E-state index in [4.69, 9.17) is 17.5 Å². The molecule has 10 heteroatoms. The average Bonchev–Trinajstić information content (AvgIpc) is 3.20. The molecule has 1 amide bonds. The molecule has 162 valence electrons. The van der Waals surface area contributed by atoms with Crippen molar-refractivity contribution in [2.24, 2.45) is 7.05 Å². The molecule has 1 saturated carbocycles. The number of rotatable bonds is 2. The lowest BCUT2D eigenvalue weighted by molar-refractivity contribution is -0.137. The summed E-state index contributed by atoms with van der Waals surface area (Å²) in [6, 6.07) is 10.4. The van der Waals surface area contributed by atoms with E-state index in [2.05, 4.69) is 5.10 Å². The zero-order valence-electron chi connectivity index (χ0n) is 16.8. The number of halogens is 3. The first-order chi connectivity index (χ1) is 15.2. The number of aryl methyl sites for hydroxylation is 1. The van der Waals surface area contributed by atoms with Crippen LogP contribution in [0.25, 0.3) is 10.9 Å². The van der Waals surface area contributed by atoms with Gasteiger partial charge in [-0.05, 0) is 67.9 Å². The van der Waals surface area contributed by atoms with E-state index in [1.54, 1.807) is 21.8 Å².